The summed E-state index contributed by atoms with van der Waals surface area (Å²) < 4.78 is 26.9. The van der Waals surface area contributed by atoms with E-state index in [-0.39, 0.29) is 12.1 Å². The molecule has 100 valence electrons. The summed E-state index contributed by atoms with van der Waals surface area (Å²) in [5.41, 5.74) is 0.503. The van der Waals surface area contributed by atoms with Gasteiger partial charge in [0.25, 0.3) is 0 Å². The largest absolute Gasteiger partial charge is 0.312 e. The zero-order chi connectivity index (χ0) is 13.0. The molecule has 0 bridgehead atoms. The number of rotatable bonds is 5. The maximum Gasteiger partial charge on any atom is 0.130 e. The molecular weight excluding hydrogens is 232 g/mol. The topological polar surface area (TPSA) is 12.0 Å². The fourth-order valence-corrected chi connectivity index (χ4v) is 2.93. The number of hydrogen-bond donors (Lipinski definition) is 1. The van der Waals surface area contributed by atoms with Crippen LogP contribution in [0.5, 0.6) is 0 Å². The van der Waals surface area contributed by atoms with Crippen molar-refractivity contribution in [3.05, 3.63) is 35.4 Å². The monoisotopic (exact) mass is 253 g/mol. The minimum absolute atomic E-state index is 0.154. The molecule has 2 rings (SSSR count). The zero-order valence-corrected chi connectivity index (χ0v) is 10.9. The molecule has 1 aromatic carbocycles. The normalized spacial score (nSPS) is 18.2. The summed E-state index contributed by atoms with van der Waals surface area (Å²) in [5.74, 6) is -0.918. The van der Waals surface area contributed by atoms with Crippen LogP contribution >= 0.6 is 0 Å². The molecule has 0 aromatic heterocycles. The van der Waals surface area contributed by atoms with Gasteiger partial charge in [0.2, 0.25) is 0 Å². The maximum atomic E-state index is 13.4. The summed E-state index contributed by atoms with van der Waals surface area (Å²) in [7, 11) is 0. The van der Waals surface area contributed by atoms with E-state index < -0.39 is 11.6 Å². The van der Waals surface area contributed by atoms with E-state index in [1.54, 1.807) is 0 Å². The quantitative estimate of drug-likeness (QED) is 0.835. The molecule has 3 heteroatoms. The highest BCUT2D eigenvalue weighted by Gasteiger charge is 2.31. The first-order valence-corrected chi connectivity index (χ1v) is 6.80. The molecule has 1 saturated carbocycles. The van der Waals surface area contributed by atoms with Crippen molar-refractivity contribution in [2.75, 3.05) is 6.54 Å². The van der Waals surface area contributed by atoms with Crippen molar-refractivity contribution in [1.82, 2.24) is 5.32 Å². The summed E-state index contributed by atoms with van der Waals surface area (Å²) in [6.45, 7) is 3.34. The van der Waals surface area contributed by atoms with Crippen LogP contribution in [0, 0.1) is 17.0 Å². The maximum absolute atomic E-state index is 13.4. The molecule has 1 fully saturated rings. The molecule has 0 heterocycles. The van der Waals surface area contributed by atoms with Crippen LogP contribution in [0.25, 0.3) is 0 Å². The zero-order valence-electron chi connectivity index (χ0n) is 10.9. The molecule has 1 aromatic rings. The average molecular weight is 253 g/mol. The summed E-state index contributed by atoms with van der Waals surface area (Å²) in [4.78, 5) is 0. The molecule has 0 amide bonds. The number of benzene rings is 1. The molecule has 0 spiro atoms. The molecule has 0 aliphatic heterocycles. The van der Waals surface area contributed by atoms with Crippen molar-refractivity contribution in [1.29, 1.82) is 0 Å². The second kappa shape index (κ2) is 5.79. The van der Waals surface area contributed by atoms with Crippen molar-refractivity contribution in [3.8, 4) is 0 Å². The second-order valence-corrected chi connectivity index (χ2v) is 5.36. The summed E-state index contributed by atoms with van der Waals surface area (Å²) in [6.07, 6.45) is 6.17. The minimum atomic E-state index is -0.459. The molecule has 0 atom stereocenters. The van der Waals surface area contributed by atoms with E-state index in [0.717, 1.165) is 13.0 Å². The Morgan fingerprint density at radius 3 is 2.33 bits per heavy atom. The van der Waals surface area contributed by atoms with Crippen molar-refractivity contribution in [2.45, 2.75) is 45.6 Å². The van der Waals surface area contributed by atoms with E-state index in [1.165, 1.54) is 43.9 Å². The lowest BCUT2D eigenvalue weighted by Gasteiger charge is -2.27. The average Bonchev–Trinajstić information content (AvgIpc) is 2.82. The van der Waals surface area contributed by atoms with Crippen LogP contribution in [0.3, 0.4) is 0 Å². The van der Waals surface area contributed by atoms with Crippen LogP contribution in [0.4, 0.5) is 8.78 Å². The molecule has 18 heavy (non-hydrogen) atoms. The molecule has 1 aliphatic carbocycles. The van der Waals surface area contributed by atoms with E-state index in [1.807, 2.05) is 0 Å². The molecule has 1 N–H and O–H groups in total. The van der Waals surface area contributed by atoms with Crippen LogP contribution in [0.2, 0.25) is 0 Å². The van der Waals surface area contributed by atoms with Gasteiger partial charge in [-0.25, -0.2) is 8.78 Å². The van der Waals surface area contributed by atoms with Crippen LogP contribution in [-0.2, 0) is 6.54 Å². The molecule has 1 nitrogen and oxygen atoms in total. The Kier molecular flexibility index (Phi) is 4.33. The third-order valence-electron chi connectivity index (χ3n) is 4.28. The Labute approximate surface area is 108 Å². The van der Waals surface area contributed by atoms with Gasteiger partial charge in [-0.15, -0.1) is 0 Å². The first kappa shape index (κ1) is 13.5. The number of nitrogens with one attached hydrogen (secondary N) is 1. The van der Waals surface area contributed by atoms with Gasteiger partial charge >= 0.3 is 0 Å². The Hall–Kier alpha value is -0.960. The van der Waals surface area contributed by atoms with Crippen LogP contribution in [0.1, 0.15) is 44.6 Å². The Morgan fingerprint density at radius 1 is 1.17 bits per heavy atom. The van der Waals surface area contributed by atoms with E-state index >= 15 is 0 Å². The van der Waals surface area contributed by atoms with Crippen LogP contribution in [-0.4, -0.2) is 6.54 Å². The number of halogens is 2. The van der Waals surface area contributed by atoms with Gasteiger partial charge in [-0.3, -0.25) is 0 Å². The number of hydrogen-bond acceptors (Lipinski definition) is 1. The molecule has 0 radical (unpaired) electrons. The molecular formula is C15H21F2N. The van der Waals surface area contributed by atoms with Gasteiger partial charge in [-0.05, 0) is 36.8 Å². The molecule has 0 unspecified atom stereocenters. The smallest absolute Gasteiger partial charge is 0.130 e. The van der Waals surface area contributed by atoms with Crippen molar-refractivity contribution < 1.29 is 8.78 Å². The van der Waals surface area contributed by atoms with Gasteiger partial charge in [0.1, 0.15) is 11.6 Å². The lowest BCUT2D eigenvalue weighted by atomic mass is 9.83. The van der Waals surface area contributed by atoms with Gasteiger partial charge in [-0.1, -0.05) is 25.8 Å². The van der Waals surface area contributed by atoms with Crippen LogP contribution < -0.4 is 5.32 Å². The third kappa shape index (κ3) is 2.89. The van der Waals surface area contributed by atoms with Crippen LogP contribution in [0.15, 0.2) is 18.2 Å². The van der Waals surface area contributed by atoms with Gasteiger partial charge in [0.15, 0.2) is 0 Å². The Balaban J connectivity index is 1.92. The van der Waals surface area contributed by atoms with Crippen molar-refractivity contribution >= 4 is 0 Å². The summed E-state index contributed by atoms with van der Waals surface area (Å²) >= 11 is 0. The summed E-state index contributed by atoms with van der Waals surface area (Å²) in [6, 6.07) is 4.02. The van der Waals surface area contributed by atoms with E-state index in [9.17, 15) is 8.78 Å². The van der Waals surface area contributed by atoms with E-state index in [0.29, 0.717) is 5.41 Å². The highest BCUT2D eigenvalue weighted by molar-refractivity contribution is 5.19. The lowest BCUT2D eigenvalue weighted by molar-refractivity contribution is 0.267. The standard InChI is InChI=1S/C15H21F2N/c1-2-15(8-3-4-9-15)11-18-10-12-13(16)6-5-7-14(12)17/h5-7,18H,2-4,8-11H2,1H3. The van der Waals surface area contributed by atoms with Crippen molar-refractivity contribution in [3.63, 3.8) is 0 Å². The Bertz CT molecular complexity index is 377. The highest BCUT2D eigenvalue weighted by Crippen LogP contribution is 2.40. The molecule has 0 saturated heterocycles. The minimum Gasteiger partial charge on any atom is -0.312 e. The van der Waals surface area contributed by atoms with Gasteiger partial charge < -0.3 is 5.32 Å². The van der Waals surface area contributed by atoms with Gasteiger partial charge in [0, 0.05) is 18.7 Å². The fraction of sp³-hybridized carbons (Fsp3) is 0.600. The molecule has 1 aliphatic rings. The fourth-order valence-electron chi connectivity index (χ4n) is 2.93. The Morgan fingerprint density at radius 2 is 1.78 bits per heavy atom. The summed E-state index contributed by atoms with van der Waals surface area (Å²) in [5, 5.41) is 3.24. The van der Waals surface area contributed by atoms with E-state index in [4.69, 9.17) is 0 Å². The predicted octanol–water partition coefficient (Wildman–Crippen LogP) is 4.02. The van der Waals surface area contributed by atoms with Gasteiger partial charge in [-0.2, -0.15) is 0 Å². The SMILES string of the molecule is CCC1(CNCc2c(F)cccc2F)CCCC1. The van der Waals surface area contributed by atoms with Crippen molar-refractivity contribution in [2.24, 2.45) is 5.41 Å². The predicted molar refractivity (Wildman–Crippen MR) is 69.3 cm³/mol. The van der Waals surface area contributed by atoms with E-state index in [2.05, 4.69) is 12.2 Å². The second-order valence-electron chi connectivity index (χ2n) is 5.36. The van der Waals surface area contributed by atoms with Gasteiger partial charge in [0.05, 0.1) is 0 Å². The third-order valence-corrected chi connectivity index (χ3v) is 4.28. The highest BCUT2D eigenvalue weighted by atomic mass is 19.1. The first-order chi connectivity index (χ1) is 8.67. The lowest BCUT2D eigenvalue weighted by Crippen LogP contribution is -2.31. The first-order valence-electron chi connectivity index (χ1n) is 6.80.